The summed E-state index contributed by atoms with van der Waals surface area (Å²) < 4.78 is 0. The zero-order valence-corrected chi connectivity index (χ0v) is 50.0. The molecule has 0 saturated heterocycles. The average molecular weight is 1150 g/mol. The number of hydrogen-bond acceptors (Lipinski definition) is 1. The Morgan fingerprint density at radius 3 is 1.25 bits per heavy atom. The summed E-state index contributed by atoms with van der Waals surface area (Å²) in [6, 6.07) is 132. The summed E-state index contributed by atoms with van der Waals surface area (Å²) in [5.74, 6) is 0.0228. The molecule has 1 unspecified atom stereocenters. The molecule has 1 nitrogen and oxygen atoms in total. The molecule has 91 heavy (non-hydrogen) atoms. The minimum absolute atomic E-state index is 0.0228. The second-order valence-electron chi connectivity index (χ2n) is 24.6. The minimum Gasteiger partial charge on any atom is -0.310 e. The molecule has 15 aromatic carbocycles. The van der Waals surface area contributed by atoms with Crippen molar-refractivity contribution in [1.82, 2.24) is 0 Å². The van der Waals surface area contributed by atoms with Crippen LogP contribution in [0.3, 0.4) is 0 Å². The molecule has 424 valence electrons. The third-order valence-electron chi connectivity index (χ3n) is 19.7. The molecule has 18 rings (SSSR count). The Labute approximate surface area is 531 Å². The highest BCUT2D eigenvalue weighted by molar-refractivity contribution is 6.05. The fourth-order valence-electron chi connectivity index (χ4n) is 15.6. The Morgan fingerprint density at radius 2 is 0.648 bits per heavy atom. The van der Waals surface area contributed by atoms with Crippen molar-refractivity contribution in [1.29, 1.82) is 0 Å². The van der Waals surface area contributed by atoms with Crippen molar-refractivity contribution >= 4 is 27.8 Å². The van der Waals surface area contributed by atoms with Gasteiger partial charge in [-0.25, -0.2) is 0 Å². The zero-order chi connectivity index (χ0) is 60.0. The predicted molar refractivity (Wildman–Crippen MR) is 380 cm³/mol. The van der Waals surface area contributed by atoms with Gasteiger partial charge >= 0.3 is 0 Å². The summed E-state index contributed by atoms with van der Waals surface area (Å²) in [5, 5.41) is 2.46. The third kappa shape index (κ3) is 8.54. The molecule has 0 fully saturated rings. The maximum absolute atomic E-state index is 2.52. The van der Waals surface area contributed by atoms with Crippen LogP contribution in [0.5, 0.6) is 0 Å². The van der Waals surface area contributed by atoms with E-state index in [9.17, 15) is 0 Å². The quantitative estimate of drug-likeness (QED) is 0.125. The summed E-state index contributed by atoms with van der Waals surface area (Å²) in [6.45, 7) is 0. The molecular formula is C90H59N. The molecule has 0 N–H and O–H groups in total. The van der Waals surface area contributed by atoms with Crippen LogP contribution >= 0.6 is 0 Å². The Kier molecular flexibility index (Phi) is 12.3. The lowest BCUT2D eigenvalue weighted by atomic mass is 9.66. The number of nitrogens with zero attached hydrogens (tertiary/aromatic N) is 1. The second kappa shape index (κ2) is 21.3. The van der Waals surface area contributed by atoms with Crippen LogP contribution in [0.4, 0.5) is 17.1 Å². The van der Waals surface area contributed by atoms with Gasteiger partial charge in [-0.3, -0.25) is 0 Å². The first-order chi connectivity index (χ1) is 45.1. The highest BCUT2D eigenvalue weighted by atomic mass is 15.1. The maximum Gasteiger partial charge on any atom is 0.0713 e. The van der Waals surface area contributed by atoms with Crippen LogP contribution in [0.15, 0.2) is 352 Å². The van der Waals surface area contributed by atoms with E-state index in [0.717, 1.165) is 39.3 Å². The molecule has 0 saturated carbocycles. The van der Waals surface area contributed by atoms with Gasteiger partial charge in [-0.15, -0.1) is 0 Å². The van der Waals surface area contributed by atoms with Crippen LogP contribution in [0.2, 0.25) is 0 Å². The second-order valence-corrected chi connectivity index (χ2v) is 24.6. The molecule has 3 aliphatic carbocycles. The first kappa shape index (κ1) is 52.5. The van der Waals surface area contributed by atoms with E-state index in [4.69, 9.17) is 0 Å². The molecule has 0 radical (unpaired) electrons. The number of hydrogen-bond donors (Lipinski definition) is 0. The Bertz CT molecular complexity index is 5180. The fraction of sp³-hybridized carbons (Fsp3) is 0.0222. The number of fused-ring (bicyclic) bond motifs is 7. The van der Waals surface area contributed by atoms with E-state index in [-0.39, 0.29) is 5.92 Å². The average Bonchev–Trinajstić information content (AvgIpc) is 1.51. The van der Waals surface area contributed by atoms with Crippen molar-refractivity contribution in [3.8, 4) is 100 Å². The van der Waals surface area contributed by atoms with Crippen molar-refractivity contribution in [2.24, 2.45) is 0 Å². The smallest absolute Gasteiger partial charge is 0.0713 e. The lowest BCUT2D eigenvalue weighted by molar-refractivity contribution is 0.767. The topological polar surface area (TPSA) is 3.24 Å². The molecule has 1 atom stereocenters. The zero-order valence-electron chi connectivity index (χ0n) is 50.0. The molecule has 0 spiro atoms. The van der Waals surface area contributed by atoms with Gasteiger partial charge in [-0.2, -0.15) is 0 Å². The monoisotopic (exact) mass is 1150 g/mol. The van der Waals surface area contributed by atoms with Gasteiger partial charge in [-0.05, 0) is 204 Å². The van der Waals surface area contributed by atoms with Crippen molar-refractivity contribution in [3.63, 3.8) is 0 Å². The van der Waals surface area contributed by atoms with E-state index in [1.165, 1.54) is 128 Å². The normalized spacial score (nSPS) is 13.5. The molecule has 1 heteroatoms. The Hall–Kier alpha value is -11.6. The van der Waals surface area contributed by atoms with Gasteiger partial charge in [0.15, 0.2) is 0 Å². The van der Waals surface area contributed by atoms with E-state index >= 15 is 0 Å². The number of benzene rings is 15. The standard InChI is InChI=1S/C90H59N/c1-5-20-59(21-6-1)64-40-45-73(46-41-64)90(74-47-42-65(43-48-74)60-22-7-2-8-23-60)84-37-19-36-80-83-58-70(44-49-82(83)86-79-35-16-15-34-78(79)81-50-51-85(90)89(87(80)84)88(81)86)68-31-18-33-76(55-68)91(75-32-17-30-67(54-75)69-39-38-63-28-13-14-29-66(63)52-69)77-56-71(61-24-9-3-10-25-61)53-72(57-77)62-26-11-4-12-27-62/h1-58,86H. The van der Waals surface area contributed by atoms with Gasteiger partial charge in [0.1, 0.15) is 0 Å². The number of rotatable bonds is 11. The predicted octanol–water partition coefficient (Wildman–Crippen LogP) is 23.8. The summed E-state index contributed by atoms with van der Waals surface area (Å²) in [5.41, 5.74) is 33.9. The minimum atomic E-state index is -0.629. The van der Waals surface area contributed by atoms with Gasteiger partial charge in [0.2, 0.25) is 0 Å². The van der Waals surface area contributed by atoms with Crippen LogP contribution in [-0.4, -0.2) is 0 Å². The van der Waals surface area contributed by atoms with Crippen molar-refractivity contribution in [2.45, 2.75) is 11.3 Å². The highest BCUT2D eigenvalue weighted by Gasteiger charge is 2.51. The van der Waals surface area contributed by atoms with Crippen molar-refractivity contribution < 1.29 is 0 Å². The maximum atomic E-state index is 2.52. The Balaban J connectivity index is 0.839. The van der Waals surface area contributed by atoms with Gasteiger partial charge < -0.3 is 4.90 Å². The van der Waals surface area contributed by atoms with Crippen molar-refractivity contribution in [3.05, 3.63) is 391 Å². The first-order valence-electron chi connectivity index (χ1n) is 31.7. The van der Waals surface area contributed by atoms with Gasteiger partial charge in [-0.1, -0.05) is 297 Å². The molecule has 15 aromatic rings. The molecular weight excluding hydrogens is 1090 g/mol. The molecule has 3 aliphatic rings. The highest BCUT2D eigenvalue weighted by Crippen LogP contribution is 2.66. The van der Waals surface area contributed by atoms with Crippen LogP contribution in [0, 0.1) is 0 Å². The van der Waals surface area contributed by atoms with E-state index in [1.807, 2.05) is 0 Å². The molecule has 0 aromatic heterocycles. The fourth-order valence-corrected chi connectivity index (χ4v) is 15.6. The van der Waals surface area contributed by atoms with E-state index in [2.05, 4.69) is 357 Å². The lowest BCUT2D eigenvalue weighted by Gasteiger charge is -2.35. The van der Waals surface area contributed by atoms with E-state index < -0.39 is 5.41 Å². The van der Waals surface area contributed by atoms with Gasteiger partial charge in [0.05, 0.1) is 5.41 Å². The van der Waals surface area contributed by atoms with Crippen LogP contribution in [0.25, 0.3) is 111 Å². The lowest BCUT2D eigenvalue weighted by Crippen LogP contribution is -2.28. The molecule has 0 heterocycles. The van der Waals surface area contributed by atoms with E-state index in [0.29, 0.717) is 0 Å². The summed E-state index contributed by atoms with van der Waals surface area (Å²) in [7, 11) is 0. The molecule has 0 amide bonds. The summed E-state index contributed by atoms with van der Waals surface area (Å²) in [6.07, 6.45) is 0. The molecule has 0 bridgehead atoms. The first-order valence-corrected chi connectivity index (χ1v) is 31.7. The van der Waals surface area contributed by atoms with Crippen LogP contribution in [-0.2, 0) is 5.41 Å². The van der Waals surface area contributed by atoms with Crippen LogP contribution in [0.1, 0.15) is 44.9 Å². The van der Waals surface area contributed by atoms with Gasteiger partial charge in [0.25, 0.3) is 0 Å². The summed E-state index contributed by atoms with van der Waals surface area (Å²) in [4.78, 5) is 2.47. The summed E-state index contributed by atoms with van der Waals surface area (Å²) >= 11 is 0. The third-order valence-corrected chi connectivity index (χ3v) is 19.7. The Morgan fingerprint density at radius 1 is 0.220 bits per heavy atom. The SMILES string of the molecule is c1ccc(-c2ccc(C3(c4ccc(-c5ccccc5)cc4)c4cccc5c4-c4c3ccc3c4C(c4ccc(-c6cccc(N(c7cccc(-c8ccc9ccccc9c8)c7)c7cc(-c8ccccc8)cc(-c8ccccc8)c7)c6)cc4-5)c4ccccc4-3)cc2)cc1. The van der Waals surface area contributed by atoms with E-state index in [1.54, 1.807) is 0 Å². The largest absolute Gasteiger partial charge is 0.310 e. The van der Waals surface area contributed by atoms with Crippen molar-refractivity contribution in [2.75, 3.05) is 4.90 Å². The number of anilines is 3. The van der Waals surface area contributed by atoms with Gasteiger partial charge in [0, 0.05) is 23.0 Å². The molecule has 0 aliphatic heterocycles. The van der Waals surface area contributed by atoms with Crippen LogP contribution < -0.4 is 4.90 Å².